The molecule has 4 aromatic rings. The number of H-pyrrole nitrogens is 1. The molecule has 5 nitrogen and oxygen atoms in total. The number of aromatic nitrogens is 2. The fourth-order valence-electron chi connectivity index (χ4n) is 3.68. The van der Waals surface area contributed by atoms with Crippen LogP contribution in [0.4, 0.5) is 0 Å². The number of amides is 1. The zero-order chi connectivity index (χ0) is 18.9. The van der Waals surface area contributed by atoms with Crippen LogP contribution in [0, 0.1) is 0 Å². The highest BCUT2D eigenvalue weighted by Crippen LogP contribution is 2.30. The molecule has 0 radical (unpaired) electrons. The van der Waals surface area contributed by atoms with Gasteiger partial charge in [0, 0.05) is 29.8 Å². The number of nitrogens with one attached hydrogen (secondary N) is 1. The lowest BCUT2D eigenvalue weighted by atomic mass is 10.0. The van der Waals surface area contributed by atoms with Gasteiger partial charge in [0.15, 0.2) is 0 Å². The van der Waals surface area contributed by atoms with E-state index in [1.807, 2.05) is 77.7 Å². The Kier molecular flexibility index (Phi) is 4.05. The average molecular weight is 369 g/mol. The Balaban J connectivity index is 1.40. The lowest BCUT2D eigenvalue weighted by Crippen LogP contribution is -2.35. The standard InChI is InChI=1S/C23H19N3O2/c27-23(20-12-11-19(24-20)16-7-3-1-4-8-16)26-14-13-21-18(15-26)22(25-28-21)17-9-5-2-6-10-17/h1-12,24H,13-15H2. The molecule has 0 spiro atoms. The third-order valence-electron chi connectivity index (χ3n) is 5.16. The summed E-state index contributed by atoms with van der Waals surface area (Å²) in [4.78, 5) is 18.2. The maximum absolute atomic E-state index is 13.1. The van der Waals surface area contributed by atoms with Gasteiger partial charge in [-0.3, -0.25) is 4.79 Å². The first kappa shape index (κ1) is 16.6. The molecule has 2 aromatic carbocycles. The van der Waals surface area contributed by atoms with E-state index in [0.717, 1.165) is 33.8 Å². The summed E-state index contributed by atoms with van der Waals surface area (Å²) < 4.78 is 5.54. The maximum Gasteiger partial charge on any atom is 0.270 e. The minimum Gasteiger partial charge on any atom is -0.360 e. The Morgan fingerprint density at radius 1 is 0.929 bits per heavy atom. The predicted molar refractivity (Wildman–Crippen MR) is 107 cm³/mol. The lowest BCUT2D eigenvalue weighted by molar-refractivity contribution is 0.0724. The van der Waals surface area contributed by atoms with Crippen LogP contribution in [-0.4, -0.2) is 27.5 Å². The van der Waals surface area contributed by atoms with Crippen LogP contribution in [0.3, 0.4) is 0 Å². The highest BCUT2D eigenvalue weighted by Gasteiger charge is 2.28. The zero-order valence-corrected chi connectivity index (χ0v) is 15.3. The van der Waals surface area contributed by atoms with E-state index >= 15 is 0 Å². The van der Waals surface area contributed by atoms with E-state index in [4.69, 9.17) is 4.52 Å². The van der Waals surface area contributed by atoms with Crippen molar-refractivity contribution in [3.8, 4) is 22.5 Å². The summed E-state index contributed by atoms with van der Waals surface area (Å²) in [5, 5.41) is 4.26. The summed E-state index contributed by atoms with van der Waals surface area (Å²) in [6.07, 6.45) is 0.674. The van der Waals surface area contributed by atoms with Gasteiger partial charge in [-0.15, -0.1) is 0 Å². The third kappa shape index (κ3) is 2.91. The van der Waals surface area contributed by atoms with Crippen molar-refractivity contribution in [2.24, 2.45) is 0 Å². The van der Waals surface area contributed by atoms with Crippen molar-refractivity contribution in [3.05, 3.63) is 89.8 Å². The van der Waals surface area contributed by atoms with Crippen LogP contribution in [0.2, 0.25) is 0 Å². The van der Waals surface area contributed by atoms with E-state index < -0.39 is 0 Å². The molecule has 1 N–H and O–H groups in total. The Labute approximate surface area is 162 Å². The van der Waals surface area contributed by atoms with Crippen LogP contribution in [-0.2, 0) is 13.0 Å². The number of fused-ring (bicyclic) bond motifs is 1. The molecule has 5 rings (SSSR count). The summed E-state index contributed by atoms with van der Waals surface area (Å²) in [6, 6.07) is 23.8. The molecule has 1 amide bonds. The van der Waals surface area contributed by atoms with Crippen LogP contribution in [0.5, 0.6) is 0 Å². The van der Waals surface area contributed by atoms with Crippen molar-refractivity contribution in [2.45, 2.75) is 13.0 Å². The predicted octanol–water partition coefficient (Wildman–Crippen LogP) is 4.54. The van der Waals surface area contributed by atoms with E-state index in [1.54, 1.807) is 0 Å². The number of aromatic amines is 1. The summed E-state index contributed by atoms with van der Waals surface area (Å²) in [5.41, 5.74) is 5.43. The Morgan fingerprint density at radius 2 is 1.64 bits per heavy atom. The van der Waals surface area contributed by atoms with Crippen molar-refractivity contribution >= 4 is 5.91 Å². The molecule has 0 saturated heterocycles. The van der Waals surface area contributed by atoms with E-state index in [9.17, 15) is 4.79 Å². The topological polar surface area (TPSA) is 62.1 Å². The summed E-state index contributed by atoms with van der Waals surface area (Å²) in [5.74, 6) is 0.868. The molecule has 0 atom stereocenters. The fraction of sp³-hybridized carbons (Fsp3) is 0.130. The van der Waals surface area contributed by atoms with Crippen LogP contribution < -0.4 is 0 Å². The molecule has 1 aliphatic rings. The average Bonchev–Trinajstić information content (AvgIpc) is 3.41. The first-order valence-corrected chi connectivity index (χ1v) is 9.36. The number of carbonyl (C=O) groups is 1. The van der Waals surface area contributed by atoms with Gasteiger partial charge in [0.25, 0.3) is 5.91 Å². The van der Waals surface area contributed by atoms with Gasteiger partial charge in [0.05, 0.1) is 6.54 Å². The quantitative estimate of drug-likeness (QED) is 0.577. The van der Waals surface area contributed by atoms with Crippen LogP contribution in [0.15, 0.2) is 77.3 Å². The molecule has 0 unspecified atom stereocenters. The minimum absolute atomic E-state index is 0.00644. The second kappa shape index (κ2) is 6.85. The molecule has 1 aliphatic heterocycles. The normalized spacial score (nSPS) is 13.4. The van der Waals surface area contributed by atoms with Gasteiger partial charge in [0.1, 0.15) is 17.1 Å². The number of hydrogen-bond acceptors (Lipinski definition) is 3. The van der Waals surface area contributed by atoms with E-state index in [0.29, 0.717) is 25.2 Å². The molecule has 28 heavy (non-hydrogen) atoms. The van der Waals surface area contributed by atoms with Gasteiger partial charge in [-0.2, -0.15) is 0 Å². The minimum atomic E-state index is -0.00644. The Hall–Kier alpha value is -3.60. The number of carbonyl (C=O) groups excluding carboxylic acids is 1. The van der Waals surface area contributed by atoms with Crippen LogP contribution in [0.25, 0.3) is 22.5 Å². The van der Waals surface area contributed by atoms with Gasteiger partial charge in [0.2, 0.25) is 0 Å². The Morgan fingerprint density at radius 3 is 2.39 bits per heavy atom. The van der Waals surface area contributed by atoms with Crippen LogP contribution >= 0.6 is 0 Å². The Bertz CT molecular complexity index is 1110. The van der Waals surface area contributed by atoms with E-state index in [1.165, 1.54) is 0 Å². The molecule has 5 heteroatoms. The number of nitrogens with zero attached hydrogens (tertiary/aromatic N) is 2. The molecule has 138 valence electrons. The first-order valence-electron chi connectivity index (χ1n) is 9.36. The monoisotopic (exact) mass is 369 g/mol. The van der Waals surface area contributed by atoms with Crippen molar-refractivity contribution in [2.75, 3.05) is 6.54 Å². The molecule has 0 saturated carbocycles. The molecule has 3 heterocycles. The van der Waals surface area contributed by atoms with E-state index in [-0.39, 0.29) is 5.91 Å². The highest BCUT2D eigenvalue weighted by molar-refractivity contribution is 5.93. The van der Waals surface area contributed by atoms with Crippen LogP contribution in [0.1, 0.15) is 21.8 Å². The van der Waals surface area contributed by atoms with Gasteiger partial charge in [-0.1, -0.05) is 65.8 Å². The highest BCUT2D eigenvalue weighted by atomic mass is 16.5. The van der Waals surface area contributed by atoms with Crippen molar-refractivity contribution < 1.29 is 9.32 Å². The number of hydrogen-bond donors (Lipinski definition) is 1. The van der Waals surface area contributed by atoms with E-state index in [2.05, 4.69) is 10.1 Å². The maximum atomic E-state index is 13.1. The SMILES string of the molecule is O=C(c1ccc(-c2ccccc2)[nH]1)N1CCc2onc(-c3ccccc3)c2C1. The summed E-state index contributed by atoms with van der Waals surface area (Å²) in [6.45, 7) is 1.12. The second-order valence-electron chi connectivity index (χ2n) is 6.93. The van der Waals surface area contributed by atoms with Gasteiger partial charge in [-0.25, -0.2) is 0 Å². The molecular formula is C23H19N3O2. The third-order valence-corrected chi connectivity index (χ3v) is 5.16. The lowest BCUT2D eigenvalue weighted by Gasteiger charge is -2.25. The van der Waals surface area contributed by atoms with Crippen molar-refractivity contribution in [3.63, 3.8) is 0 Å². The molecule has 0 bridgehead atoms. The molecular weight excluding hydrogens is 350 g/mol. The van der Waals surface area contributed by atoms with Gasteiger partial charge < -0.3 is 14.4 Å². The number of benzene rings is 2. The summed E-state index contributed by atoms with van der Waals surface area (Å²) in [7, 11) is 0. The van der Waals surface area contributed by atoms with Gasteiger partial charge in [-0.05, 0) is 17.7 Å². The first-order chi connectivity index (χ1) is 13.8. The smallest absolute Gasteiger partial charge is 0.270 e. The second-order valence-corrected chi connectivity index (χ2v) is 6.93. The molecule has 2 aromatic heterocycles. The van der Waals surface area contributed by atoms with Gasteiger partial charge >= 0.3 is 0 Å². The fourth-order valence-corrected chi connectivity index (χ4v) is 3.68. The van der Waals surface area contributed by atoms with Crippen molar-refractivity contribution in [1.29, 1.82) is 0 Å². The van der Waals surface area contributed by atoms with Crippen molar-refractivity contribution in [1.82, 2.24) is 15.0 Å². The summed E-state index contributed by atoms with van der Waals surface area (Å²) >= 11 is 0. The largest absolute Gasteiger partial charge is 0.360 e. The molecule has 0 aliphatic carbocycles. The number of rotatable bonds is 3. The zero-order valence-electron chi connectivity index (χ0n) is 15.3. The molecule has 0 fully saturated rings.